The summed E-state index contributed by atoms with van der Waals surface area (Å²) in [6.45, 7) is 6.68. The molecule has 3 aliphatic rings. The van der Waals surface area contributed by atoms with Crippen LogP contribution in [0.5, 0.6) is 0 Å². The van der Waals surface area contributed by atoms with E-state index in [-0.39, 0.29) is 29.0 Å². The van der Waals surface area contributed by atoms with Crippen molar-refractivity contribution in [3.63, 3.8) is 0 Å². The van der Waals surface area contributed by atoms with Crippen LogP contribution >= 0.6 is 0 Å². The van der Waals surface area contributed by atoms with Crippen molar-refractivity contribution in [2.24, 2.45) is 11.3 Å². The number of nitrogens with zero attached hydrogens (tertiary/aromatic N) is 3. The largest absolute Gasteiger partial charge is 0.339 e. The van der Waals surface area contributed by atoms with Crippen LogP contribution in [0.2, 0.25) is 0 Å². The van der Waals surface area contributed by atoms with E-state index in [9.17, 15) is 14.0 Å². The SMILES string of the molecule is CC1(C)CC=C(c2c(C(=O)N3CCN(C(=O)C4CC4)CC3)cnc3ccc(F)cc23)CC1. The Labute approximate surface area is 188 Å². The van der Waals surface area contributed by atoms with E-state index in [1.165, 1.54) is 12.1 Å². The van der Waals surface area contributed by atoms with Gasteiger partial charge in [-0.2, -0.15) is 0 Å². The number of benzene rings is 1. The van der Waals surface area contributed by atoms with E-state index in [0.29, 0.717) is 42.6 Å². The van der Waals surface area contributed by atoms with Gasteiger partial charge in [-0.25, -0.2) is 4.39 Å². The first-order chi connectivity index (χ1) is 15.3. The van der Waals surface area contributed by atoms with Gasteiger partial charge in [0.1, 0.15) is 5.82 Å². The van der Waals surface area contributed by atoms with E-state index in [2.05, 4.69) is 24.9 Å². The zero-order valence-electron chi connectivity index (χ0n) is 18.9. The van der Waals surface area contributed by atoms with Gasteiger partial charge in [0, 0.05) is 49.2 Å². The van der Waals surface area contributed by atoms with Crippen molar-refractivity contribution in [2.75, 3.05) is 26.2 Å². The summed E-state index contributed by atoms with van der Waals surface area (Å²) in [5.41, 5.74) is 3.39. The lowest BCUT2D eigenvalue weighted by molar-refractivity contribution is -0.134. The fourth-order valence-electron chi connectivity index (χ4n) is 4.87. The lowest BCUT2D eigenvalue weighted by atomic mass is 9.76. The fraction of sp³-hybridized carbons (Fsp3) is 0.500. The molecule has 5 rings (SSSR count). The molecule has 32 heavy (non-hydrogen) atoms. The Balaban J connectivity index is 1.47. The summed E-state index contributed by atoms with van der Waals surface area (Å²) in [4.78, 5) is 34.2. The van der Waals surface area contributed by atoms with Crippen molar-refractivity contribution in [2.45, 2.75) is 46.0 Å². The van der Waals surface area contributed by atoms with E-state index < -0.39 is 0 Å². The van der Waals surface area contributed by atoms with Crippen molar-refractivity contribution < 1.29 is 14.0 Å². The number of hydrogen-bond donors (Lipinski definition) is 0. The fourth-order valence-corrected chi connectivity index (χ4v) is 4.87. The molecular weight excluding hydrogens is 405 g/mol. The molecule has 168 valence electrons. The second kappa shape index (κ2) is 7.98. The number of fused-ring (bicyclic) bond motifs is 1. The van der Waals surface area contributed by atoms with Crippen molar-refractivity contribution in [3.8, 4) is 0 Å². The Kier molecular flexibility index (Phi) is 5.26. The molecule has 2 heterocycles. The topological polar surface area (TPSA) is 53.5 Å². The van der Waals surface area contributed by atoms with Crippen LogP contribution < -0.4 is 0 Å². The molecule has 5 nitrogen and oxygen atoms in total. The Morgan fingerprint density at radius 1 is 1.09 bits per heavy atom. The van der Waals surface area contributed by atoms with Crippen LogP contribution in [-0.4, -0.2) is 52.8 Å². The van der Waals surface area contributed by atoms with E-state index in [1.807, 2.05) is 9.80 Å². The standard InChI is InChI=1S/C26H30FN3O2/c1-26(2)9-7-17(8-10-26)23-20-15-19(27)5-6-22(20)28-16-21(23)25(32)30-13-11-29(12-14-30)24(31)18-3-4-18/h5-7,15-16,18H,3-4,8-14H2,1-2H3. The summed E-state index contributed by atoms with van der Waals surface area (Å²) in [5.74, 6) is 0.0264. The van der Waals surface area contributed by atoms with Crippen molar-refractivity contribution >= 4 is 28.3 Å². The van der Waals surface area contributed by atoms with Crippen LogP contribution in [0, 0.1) is 17.2 Å². The number of aromatic nitrogens is 1. The molecule has 0 radical (unpaired) electrons. The minimum absolute atomic E-state index is 0.0806. The van der Waals surface area contributed by atoms with Gasteiger partial charge in [0.25, 0.3) is 5.91 Å². The lowest BCUT2D eigenvalue weighted by Gasteiger charge is -2.35. The van der Waals surface area contributed by atoms with Crippen LogP contribution in [0.15, 0.2) is 30.5 Å². The normalized spacial score (nSPS) is 20.9. The van der Waals surface area contributed by atoms with E-state index in [0.717, 1.165) is 43.2 Å². The molecule has 2 amide bonds. The molecule has 0 N–H and O–H groups in total. The van der Waals surface area contributed by atoms with Crippen molar-refractivity contribution in [1.29, 1.82) is 0 Å². The average Bonchev–Trinajstić information content (AvgIpc) is 3.63. The van der Waals surface area contributed by atoms with Gasteiger partial charge in [0.2, 0.25) is 5.91 Å². The average molecular weight is 436 g/mol. The number of carbonyl (C=O) groups is 2. The van der Waals surface area contributed by atoms with Crippen molar-refractivity contribution in [1.82, 2.24) is 14.8 Å². The Morgan fingerprint density at radius 3 is 2.47 bits per heavy atom. The van der Waals surface area contributed by atoms with Gasteiger partial charge in [0.05, 0.1) is 11.1 Å². The number of halogens is 1. The lowest BCUT2D eigenvalue weighted by Crippen LogP contribution is -2.51. The third-order valence-electron chi connectivity index (χ3n) is 7.16. The summed E-state index contributed by atoms with van der Waals surface area (Å²) in [6.07, 6.45) is 8.66. The van der Waals surface area contributed by atoms with Crippen LogP contribution in [0.3, 0.4) is 0 Å². The Hall–Kier alpha value is -2.76. The van der Waals surface area contributed by atoms with Crippen molar-refractivity contribution in [3.05, 3.63) is 47.4 Å². The molecule has 2 fully saturated rings. The third-order valence-corrected chi connectivity index (χ3v) is 7.16. The predicted octanol–water partition coefficient (Wildman–Crippen LogP) is 4.66. The first-order valence-corrected chi connectivity index (χ1v) is 11.7. The second-order valence-electron chi connectivity index (χ2n) is 10.2. The molecule has 0 spiro atoms. The number of pyridine rings is 1. The smallest absolute Gasteiger partial charge is 0.256 e. The first-order valence-electron chi connectivity index (χ1n) is 11.7. The summed E-state index contributed by atoms with van der Waals surface area (Å²) in [7, 11) is 0. The van der Waals surface area contributed by atoms with Gasteiger partial charge in [-0.15, -0.1) is 0 Å². The molecular formula is C26H30FN3O2. The van der Waals surface area contributed by atoms with Gasteiger partial charge < -0.3 is 9.80 Å². The number of amides is 2. The van der Waals surface area contributed by atoms with Gasteiger partial charge in [-0.05, 0) is 61.3 Å². The number of rotatable bonds is 3. The quantitative estimate of drug-likeness (QED) is 0.705. The van der Waals surface area contributed by atoms with Crippen LogP contribution in [-0.2, 0) is 4.79 Å². The van der Waals surface area contributed by atoms with E-state index in [1.54, 1.807) is 12.3 Å². The highest BCUT2D eigenvalue weighted by Gasteiger charge is 2.36. The third kappa shape index (κ3) is 4.03. The molecule has 1 aliphatic heterocycles. The molecule has 1 aromatic carbocycles. The molecule has 0 bridgehead atoms. The highest BCUT2D eigenvalue weighted by molar-refractivity contribution is 6.06. The second-order valence-corrected chi connectivity index (χ2v) is 10.2. The highest BCUT2D eigenvalue weighted by Crippen LogP contribution is 2.41. The summed E-state index contributed by atoms with van der Waals surface area (Å²) in [6, 6.07) is 4.59. The number of carbonyl (C=O) groups excluding carboxylic acids is 2. The maximum atomic E-state index is 14.2. The van der Waals surface area contributed by atoms with Crippen LogP contribution in [0.4, 0.5) is 4.39 Å². The molecule has 1 aromatic heterocycles. The minimum Gasteiger partial charge on any atom is -0.339 e. The molecule has 0 unspecified atom stereocenters. The highest BCUT2D eigenvalue weighted by atomic mass is 19.1. The summed E-state index contributed by atoms with van der Waals surface area (Å²) in [5, 5.41) is 0.698. The number of hydrogen-bond acceptors (Lipinski definition) is 3. The van der Waals surface area contributed by atoms with Crippen LogP contribution in [0.25, 0.3) is 16.5 Å². The maximum Gasteiger partial charge on any atom is 0.256 e. The number of allylic oxidation sites excluding steroid dienone is 2. The molecule has 2 aliphatic carbocycles. The minimum atomic E-state index is -0.325. The molecule has 1 saturated heterocycles. The number of piperazine rings is 1. The zero-order chi connectivity index (χ0) is 22.5. The summed E-state index contributed by atoms with van der Waals surface area (Å²) < 4.78 is 14.2. The molecule has 0 atom stereocenters. The summed E-state index contributed by atoms with van der Waals surface area (Å²) >= 11 is 0. The Bertz CT molecular complexity index is 1110. The van der Waals surface area contributed by atoms with E-state index >= 15 is 0 Å². The first kappa shape index (κ1) is 21.1. The zero-order valence-corrected chi connectivity index (χ0v) is 18.9. The predicted molar refractivity (Wildman–Crippen MR) is 123 cm³/mol. The van der Waals surface area contributed by atoms with Gasteiger partial charge in [-0.3, -0.25) is 14.6 Å². The molecule has 6 heteroatoms. The van der Waals surface area contributed by atoms with Gasteiger partial charge in [-0.1, -0.05) is 19.9 Å². The van der Waals surface area contributed by atoms with Gasteiger partial charge in [0.15, 0.2) is 0 Å². The maximum absolute atomic E-state index is 14.2. The Morgan fingerprint density at radius 2 is 1.81 bits per heavy atom. The molecule has 2 aromatic rings. The molecule has 1 saturated carbocycles. The van der Waals surface area contributed by atoms with Gasteiger partial charge >= 0.3 is 0 Å². The van der Waals surface area contributed by atoms with Crippen LogP contribution in [0.1, 0.15) is 61.9 Å². The van der Waals surface area contributed by atoms with E-state index in [4.69, 9.17) is 0 Å². The monoisotopic (exact) mass is 435 g/mol.